The van der Waals surface area contributed by atoms with Crippen molar-refractivity contribution < 1.29 is 0 Å². The van der Waals surface area contributed by atoms with Crippen LogP contribution < -0.4 is 53.2 Å². The summed E-state index contributed by atoms with van der Waals surface area (Å²) in [5.41, 5.74) is 20.4. The first kappa shape index (κ1) is 108. The molecule has 740 valence electrons. The molecule has 0 spiro atoms. The van der Waals surface area contributed by atoms with Crippen molar-refractivity contribution >= 4 is 171 Å². The van der Waals surface area contributed by atoms with E-state index < -0.39 is 0 Å². The minimum absolute atomic E-state index is 0.703. The summed E-state index contributed by atoms with van der Waals surface area (Å²) in [5.74, 6) is 3.72. The smallest absolute Gasteiger partial charge is 0.223 e. The zero-order valence-corrected chi connectivity index (χ0v) is 86.9. The molecule has 0 atom stereocenters. The van der Waals surface area contributed by atoms with Crippen LogP contribution in [0.15, 0.2) is 183 Å². The second-order valence-corrected chi connectivity index (χ2v) is 37.2. The molecule has 15 aromatic rings. The highest BCUT2D eigenvalue weighted by Crippen LogP contribution is 2.31. The van der Waals surface area contributed by atoms with E-state index in [1.54, 1.807) is 6.20 Å². The van der Waals surface area contributed by atoms with Crippen molar-refractivity contribution in [2.24, 2.45) is 0 Å². The van der Waals surface area contributed by atoms with Crippen LogP contribution in [0.3, 0.4) is 0 Å². The van der Waals surface area contributed by atoms with Crippen LogP contribution in [0.4, 0.5) is 58.2 Å². The largest absolute Gasteiger partial charge is 0.384 e. The van der Waals surface area contributed by atoms with E-state index in [0.29, 0.717) is 25.1 Å². The van der Waals surface area contributed by atoms with Crippen LogP contribution in [-0.2, 0) is 32.1 Å². The third kappa shape index (κ3) is 37.9. The number of nitrogens with one attached hydrogen (secondary N) is 10. The van der Waals surface area contributed by atoms with Gasteiger partial charge in [-0.05, 0) is 283 Å². The van der Waals surface area contributed by atoms with Gasteiger partial charge in [-0.1, -0.05) is 157 Å². The molecular formula is C110H140Cl5N25. The first-order valence-corrected chi connectivity index (χ1v) is 52.0. The number of pyridine rings is 5. The molecule has 0 fully saturated rings. The van der Waals surface area contributed by atoms with Crippen molar-refractivity contribution in [2.45, 2.75) is 230 Å². The van der Waals surface area contributed by atoms with Crippen LogP contribution >= 0.6 is 58.0 Å². The normalized spacial score (nSPS) is 11.0. The average Bonchev–Trinajstić information content (AvgIpc) is 0.824. The monoisotopic (exact) mass is 1990 g/mol. The fraction of sp³-hybridized carbons (Fsp3) is 0.409. The molecule has 0 bridgehead atoms. The van der Waals surface area contributed by atoms with Crippen molar-refractivity contribution in [2.75, 3.05) is 119 Å². The third-order valence-electron chi connectivity index (χ3n) is 23.0. The third-order valence-corrected chi connectivity index (χ3v) is 24.1. The zero-order chi connectivity index (χ0) is 98.8. The zero-order valence-electron chi connectivity index (χ0n) is 83.2. The maximum atomic E-state index is 6.07. The minimum atomic E-state index is 0.703. The molecule has 0 radical (unpaired) electrons. The van der Waals surface area contributed by atoms with Gasteiger partial charge in [0.2, 0.25) is 29.7 Å². The summed E-state index contributed by atoms with van der Waals surface area (Å²) in [5, 5.41) is 43.2. The molecule has 0 aliphatic carbocycles. The first-order valence-electron chi connectivity index (χ1n) is 50.1. The number of benzene rings is 5. The summed E-state index contributed by atoms with van der Waals surface area (Å²) in [6, 6.07) is 49.4. The van der Waals surface area contributed by atoms with Gasteiger partial charge in [0.1, 0.15) is 0 Å². The van der Waals surface area contributed by atoms with Gasteiger partial charge in [0.25, 0.3) is 0 Å². The highest BCUT2D eigenvalue weighted by Gasteiger charge is 2.14. The number of fused-ring (bicyclic) bond motifs is 5. The maximum Gasteiger partial charge on any atom is 0.223 e. The van der Waals surface area contributed by atoms with Gasteiger partial charge in [-0.2, -0.15) is 0 Å². The van der Waals surface area contributed by atoms with E-state index in [0.717, 1.165) is 331 Å². The van der Waals surface area contributed by atoms with Crippen LogP contribution in [0.25, 0.3) is 54.5 Å². The van der Waals surface area contributed by atoms with Crippen molar-refractivity contribution in [3.63, 3.8) is 0 Å². The fourth-order valence-corrected chi connectivity index (χ4v) is 16.7. The van der Waals surface area contributed by atoms with E-state index in [2.05, 4.69) is 188 Å². The van der Waals surface area contributed by atoms with E-state index in [1.165, 1.54) is 64.2 Å². The lowest BCUT2D eigenvalue weighted by molar-refractivity contribution is 0.644. The molecule has 10 heterocycles. The molecule has 140 heavy (non-hydrogen) atoms. The minimum Gasteiger partial charge on any atom is -0.384 e. The Morgan fingerprint density at radius 2 is 0.393 bits per heavy atom. The number of unbranched alkanes of at least 4 members (excludes halogenated alkanes) is 10. The standard InChI is InChI=1S/C24H32ClN5.C23H30ClN5.C22H28ClN5.C21H26ClN5.C20H24ClN5/c1-3-4-5-6-7-13-28-24-29-18(2)16-20(30-24)9-8-14-26-22-12-15-27-23-17-19(25)10-11-21(22)23;1-3-4-5-6-12-27-23-28-17(2)15-19(29-23)8-7-13-25-21-11-14-26-22-16-18(24)9-10-20(21)22;1-3-4-5-11-26-22-27-16(2)14-18(28-22)7-6-12-24-20-10-13-25-21-15-17(23)8-9-19(20)21;1-3-4-10-25-21-26-15(2)13-17(27-21)6-5-11-23-19-9-12-24-20-14-16(22)7-8-18(19)20;1-3-9-24-20-25-14(2)12-16(26-20)5-4-10-22-18-8-11-23-19-13-15(21)6-7-17(18)19/h10-12,15-17H,3-9,13-14H2,1-2H3,(H,26,27)(H,28,29,30);9-11,14-16H,3-8,12-13H2,1-2H3,(H,25,26)(H,27,28,29);8-10,13-15H,3-7,11-12H2,1-2H3,(H,24,25)(H,26,27,28);7-9,12-14H,3-6,10-11H2,1-2H3,(H,23,24)(H,25,26,27);6-8,11-13H,3-5,9-10H2,1-2H3,(H,22,23)(H,24,25,26). The molecule has 0 saturated heterocycles. The van der Waals surface area contributed by atoms with Crippen LogP contribution in [0.5, 0.6) is 0 Å². The van der Waals surface area contributed by atoms with Gasteiger partial charge in [0.05, 0.1) is 27.6 Å². The number of rotatable bonds is 50. The quantitative estimate of drug-likeness (QED) is 0.0158. The Kier molecular flexibility index (Phi) is 46.6. The molecule has 0 aliphatic heterocycles. The highest BCUT2D eigenvalue weighted by atomic mass is 35.5. The Morgan fingerprint density at radius 1 is 0.193 bits per heavy atom. The lowest BCUT2D eigenvalue weighted by Gasteiger charge is -2.11. The van der Waals surface area contributed by atoms with Crippen molar-refractivity contribution in [3.8, 4) is 0 Å². The number of hydrogen-bond donors (Lipinski definition) is 10. The van der Waals surface area contributed by atoms with E-state index in [4.69, 9.17) is 63.0 Å². The van der Waals surface area contributed by atoms with Gasteiger partial charge in [0, 0.05) is 234 Å². The van der Waals surface area contributed by atoms with E-state index >= 15 is 0 Å². The van der Waals surface area contributed by atoms with Gasteiger partial charge >= 0.3 is 0 Å². The summed E-state index contributed by atoms with van der Waals surface area (Å²) in [4.78, 5) is 67.6. The fourth-order valence-electron chi connectivity index (χ4n) is 15.9. The Labute approximate surface area is 852 Å². The van der Waals surface area contributed by atoms with Crippen molar-refractivity contribution in [1.82, 2.24) is 74.8 Å². The van der Waals surface area contributed by atoms with Gasteiger partial charge in [-0.15, -0.1) is 0 Å². The predicted octanol–water partition coefficient (Wildman–Crippen LogP) is 28.2. The highest BCUT2D eigenvalue weighted by molar-refractivity contribution is 6.33. The van der Waals surface area contributed by atoms with Crippen LogP contribution in [-0.4, -0.2) is 140 Å². The topological polar surface area (TPSA) is 314 Å². The Morgan fingerprint density at radius 3 is 0.629 bits per heavy atom. The summed E-state index contributed by atoms with van der Waals surface area (Å²) in [6.45, 7) is 30.0. The predicted molar refractivity (Wildman–Crippen MR) is 592 cm³/mol. The number of halogens is 5. The first-order chi connectivity index (χ1) is 68.3. The van der Waals surface area contributed by atoms with E-state index in [1.807, 2.05) is 181 Å². The number of anilines is 10. The summed E-state index contributed by atoms with van der Waals surface area (Å²) < 4.78 is 0. The lowest BCUT2D eigenvalue weighted by atomic mass is 10.1. The van der Waals surface area contributed by atoms with Gasteiger partial charge in [-0.3, -0.25) is 24.9 Å². The summed E-state index contributed by atoms with van der Waals surface area (Å²) in [7, 11) is 0. The van der Waals surface area contributed by atoms with Gasteiger partial charge in [-0.25, -0.2) is 49.8 Å². The van der Waals surface area contributed by atoms with Crippen molar-refractivity contribution in [3.05, 3.63) is 265 Å². The van der Waals surface area contributed by atoms with Gasteiger partial charge < -0.3 is 53.2 Å². The number of nitrogens with zero attached hydrogens (tertiary/aromatic N) is 15. The molecule has 30 heteroatoms. The number of aryl methyl sites for hydroxylation is 10. The van der Waals surface area contributed by atoms with E-state index in [-0.39, 0.29) is 0 Å². The van der Waals surface area contributed by atoms with E-state index in [9.17, 15) is 0 Å². The molecule has 0 aliphatic rings. The molecule has 10 aromatic heterocycles. The summed E-state index contributed by atoms with van der Waals surface area (Å²) >= 11 is 30.3. The molecule has 25 nitrogen and oxygen atoms in total. The molecule has 0 amide bonds. The molecule has 5 aromatic carbocycles. The van der Waals surface area contributed by atoms with Crippen LogP contribution in [0, 0.1) is 34.6 Å². The number of hydrogen-bond acceptors (Lipinski definition) is 25. The van der Waals surface area contributed by atoms with Crippen LogP contribution in [0.2, 0.25) is 25.1 Å². The summed E-state index contributed by atoms with van der Waals surface area (Å²) in [6.07, 6.45) is 36.8. The Hall–Kier alpha value is -12.0. The lowest BCUT2D eigenvalue weighted by Crippen LogP contribution is -2.09. The average molecular weight is 1990 g/mol. The molecule has 0 saturated carbocycles. The number of aromatic nitrogens is 15. The van der Waals surface area contributed by atoms with Crippen LogP contribution in [0.1, 0.15) is 220 Å². The van der Waals surface area contributed by atoms with Crippen molar-refractivity contribution in [1.29, 1.82) is 0 Å². The second kappa shape index (κ2) is 60.2. The molecule has 0 unspecified atom stereocenters. The Balaban J connectivity index is 0.000000168. The molecule has 15 rings (SSSR count). The molecule has 10 N–H and O–H groups in total. The second-order valence-electron chi connectivity index (χ2n) is 35.0. The Bertz CT molecular complexity index is 6310. The maximum absolute atomic E-state index is 6.07. The SMILES string of the molecule is CCCCCCCNc1nc(C)cc(CCCNc2ccnc3cc(Cl)ccc23)n1.CCCCCCNc1nc(C)cc(CCCNc2ccnc3cc(Cl)ccc23)n1.CCCCCNc1nc(C)cc(CCCNc2ccnc3cc(Cl)ccc23)n1.CCCCNc1nc(C)cc(CCCNc2ccnc3cc(Cl)ccc23)n1.CCCNc1nc(C)cc(CCCNc2ccnc3cc(Cl)ccc23)n1. The van der Waals surface area contributed by atoms with Gasteiger partial charge in [0.15, 0.2) is 0 Å². The molecular weight excluding hydrogens is 1850 g/mol.